The van der Waals surface area contributed by atoms with Crippen molar-refractivity contribution in [3.63, 3.8) is 0 Å². The third-order valence-electron chi connectivity index (χ3n) is 7.67. The summed E-state index contributed by atoms with van der Waals surface area (Å²) >= 11 is 0. The Morgan fingerprint density at radius 3 is 2.12 bits per heavy atom. The molecule has 7 nitrogen and oxygen atoms in total. The summed E-state index contributed by atoms with van der Waals surface area (Å²) in [4.78, 5) is 15.7. The van der Waals surface area contributed by atoms with Crippen molar-refractivity contribution in [2.24, 2.45) is 0 Å². The molecule has 0 spiro atoms. The Morgan fingerprint density at radius 1 is 0.975 bits per heavy atom. The molecule has 0 bridgehead atoms. The third-order valence-corrected chi connectivity index (χ3v) is 12.0. The van der Waals surface area contributed by atoms with E-state index in [-0.39, 0.29) is 22.8 Å². The Labute approximate surface area is 240 Å². The van der Waals surface area contributed by atoms with Gasteiger partial charge < -0.3 is 28.6 Å². The third kappa shape index (κ3) is 6.02. The van der Waals surface area contributed by atoms with E-state index in [1.807, 2.05) is 52.0 Å². The molecule has 40 heavy (non-hydrogen) atoms. The van der Waals surface area contributed by atoms with Gasteiger partial charge in [-0.1, -0.05) is 32.9 Å². The van der Waals surface area contributed by atoms with Crippen LogP contribution >= 0.6 is 0 Å². The van der Waals surface area contributed by atoms with Gasteiger partial charge in [0.15, 0.2) is 0 Å². The number of methoxy groups -OCH3 is 2. The minimum absolute atomic E-state index is 0.00923. The normalized spacial score (nSPS) is 12.0. The van der Waals surface area contributed by atoms with Gasteiger partial charge in [-0.05, 0) is 64.0 Å². The molecule has 3 rings (SSSR count). The molecule has 0 aromatic heterocycles. The fourth-order valence-electron chi connectivity index (χ4n) is 4.49. The van der Waals surface area contributed by atoms with Crippen LogP contribution in [0.15, 0.2) is 36.4 Å². The second kappa shape index (κ2) is 12.0. The smallest absolute Gasteiger partial charge is 0.254 e. The number of carbonyl (C=O) groups excluding carboxylic acids is 1. The van der Waals surface area contributed by atoms with Gasteiger partial charge in [-0.2, -0.15) is 0 Å². The van der Waals surface area contributed by atoms with Crippen molar-refractivity contribution in [2.75, 3.05) is 27.3 Å². The van der Waals surface area contributed by atoms with E-state index in [1.165, 1.54) is 0 Å². The lowest BCUT2D eigenvalue weighted by Gasteiger charge is -2.36. The molecule has 0 radical (unpaired) electrons. The van der Waals surface area contributed by atoms with Crippen LogP contribution in [0.3, 0.4) is 0 Å². The molecule has 0 atom stereocenters. The molecule has 0 fully saturated rings. The van der Waals surface area contributed by atoms with Crippen LogP contribution in [0.5, 0.6) is 28.7 Å². The molecular formula is C32H45NO6Si. The summed E-state index contributed by atoms with van der Waals surface area (Å²) in [6.45, 7) is 19.7. The van der Waals surface area contributed by atoms with Gasteiger partial charge >= 0.3 is 0 Å². The fourth-order valence-corrected chi connectivity index (χ4v) is 5.50. The van der Waals surface area contributed by atoms with Crippen LogP contribution in [0.4, 0.5) is 0 Å². The molecule has 0 aliphatic carbocycles. The van der Waals surface area contributed by atoms with Crippen LogP contribution in [0.1, 0.15) is 58.8 Å². The maximum Gasteiger partial charge on any atom is 0.254 e. The standard InChI is InChI=1S/C32H45NO6Si/c1-12-33(13-2)31(35)24-17-21(39-40(10,11)32(5,6)7)18-26(36-8)28(24)23-19-27(37-9)29-22(30(23)34)15-14-16-25(29)38-20(3)4/h14-20,34H,12-13H2,1-11H3. The molecule has 8 heteroatoms. The zero-order valence-electron chi connectivity index (χ0n) is 25.9. The molecule has 1 amide bonds. The van der Waals surface area contributed by atoms with E-state index >= 15 is 0 Å². The first-order valence-electron chi connectivity index (χ1n) is 13.9. The maximum absolute atomic E-state index is 14.0. The van der Waals surface area contributed by atoms with Crippen molar-refractivity contribution in [1.29, 1.82) is 0 Å². The lowest BCUT2D eigenvalue weighted by Crippen LogP contribution is -2.44. The largest absolute Gasteiger partial charge is 0.543 e. The van der Waals surface area contributed by atoms with E-state index in [0.717, 1.165) is 0 Å². The minimum atomic E-state index is -2.23. The summed E-state index contributed by atoms with van der Waals surface area (Å²) < 4.78 is 24.4. The van der Waals surface area contributed by atoms with Gasteiger partial charge in [-0.25, -0.2) is 0 Å². The van der Waals surface area contributed by atoms with Crippen LogP contribution in [-0.4, -0.2) is 57.6 Å². The van der Waals surface area contributed by atoms with Crippen molar-refractivity contribution in [3.8, 4) is 39.9 Å². The van der Waals surface area contributed by atoms with E-state index in [0.29, 0.717) is 63.6 Å². The monoisotopic (exact) mass is 567 g/mol. The number of aromatic hydroxyl groups is 1. The Bertz CT molecular complexity index is 1370. The quantitative estimate of drug-likeness (QED) is 0.251. The van der Waals surface area contributed by atoms with E-state index in [2.05, 4.69) is 33.9 Å². The first-order valence-corrected chi connectivity index (χ1v) is 16.8. The number of ether oxygens (including phenoxy) is 3. The number of phenolic OH excluding ortho intramolecular Hbond substituents is 1. The van der Waals surface area contributed by atoms with Crippen molar-refractivity contribution < 1.29 is 28.5 Å². The van der Waals surface area contributed by atoms with Crippen molar-refractivity contribution in [2.45, 2.75) is 72.7 Å². The minimum Gasteiger partial charge on any atom is -0.543 e. The van der Waals surface area contributed by atoms with Gasteiger partial charge in [-0.3, -0.25) is 4.79 Å². The number of carbonyl (C=O) groups is 1. The summed E-state index contributed by atoms with van der Waals surface area (Å²) in [6.07, 6.45) is -0.0658. The predicted octanol–water partition coefficient (Wildman–Crippen LogP) is 7.88. The average Bonchev–Trinajstić information content (AvgIpc) is 2.88. The van der Waals surface area contributed by atoms with E-state index in [1.54, 1.807) is 31.3 Å². The predicted molar refractivity (Wildman–Crippen MR) is 165 cm³/mol. The topological polar surface area (TPSA) is 77.5 Å². The molecule has 0 aliphatic rings. The molecule has 0 unspecified atom stereocenters. The first kappa shape index (κ1) is 31.1. The first-order chi connectivity index (χ1) is 18.7. The van der Waals surface area contributed by atoms with Crippen molar-refractivity contribution in [1.82, 2.24) is 4.90 Å². The van der Waals surface area contributed by atoms with Gasteiger partial charge in [0.2, 0.25) is 8.32 Å². The van der Waals surface area contributed by atoms with E-state index in [9.17, 15) is 9.90 Å². The summed E-state index contributed by atoms with van der Waals surface area (Å²) in [5.74, 6) is 1.96. The molecule has 0 aliphatic heterocycles. The lowest BCUT2D eigenvalue weighted by atomic mass is 9.93. The molecule has 3 aromatic carbocycles. The van der Waals surface area contributed by atoms with Gasteiger partial charge in [-0.15, -0.1) is 0 Å². The zero-order valence-corrected chi connectivity index (χ0v) is 26.9. The number of fused-ring (bicyclic) bond motifs is 1. The SMILES string of the molecule is CCN(CC)C(=O)c1cc(O[Si](C)(C)C(C)(C)C)cc(OC)c1-c1cc(OC)c2c(OC(C)C)cccc2c1O. The molecule has 1 N–H and O–H groups in total. The van der Waals surface area contributed by atoms with Gasteiger partial charge in [0.05, 0.1) is 31.3 Å². The average molecular weight is 568 g/mol. The van der Waals surface area contributed by atoms with Crippen LogP contribution in [0.2, 0.25) is 18.1 Å². The maximum atomic E-state index is 14.0. The van der Waals surface area contributed by atoms with Crippen molar-refractivity contribution in [3.05, 3.63) is 42.0 Å². The Morgan fingerprint density at radius 2 is 1.60 bits per heavy atom. The highest BCUT2D eigenvalue weighted by Crippen LogP contribution is 2.49. The molecule has 218 valence electrons. The van der Waals surface area contributed by atoms with Gasteiger partial charge in [0.1, 0.15) is 28.7 Å². The lowest BCUT2D eigenvalue weighted by molar-refractivity contribution is 0.0773. The fraction of sp³-hybridized carbons (Fsp3) is 0.469. The highest BCUT2D eigenvalue weighted by Gasteiger charge is 2.39. The summed E-state index contributed by atoms with van der Waals surface area (Å²) in [5.41, 5.74) is 1.30. The van der Waals surface area contributed by atoms with Crippen molar-refractivity contribution >= 4 is 25.0 Å². The number of rotatable bonds is 10. The van der Waals surface area contributed by atoms with E-state index < -0.39 is 8.32 Å². The highest BCUT2D eigenvalue weighted by atomic mass is 28.4. The molecule has 3 aromatic rings. The molecule has 0 saturated heterocycles. The second-order valence-electron chi connectivity index (χ2n) is 11.7. The molecule has 0 saturated carbocycles. The van der Waals surface area contributed by atoms with Crippen LogP contribution in [0.25, 0.3) is 21.9 Å². The molecular weight excluding hydrogens is 522 g/mol. The Balaban J connectivity index is 2.40. The number of nitrogens with zero attached hydrogens (tertiary/aromatic N) is 1. The number of hydrogen-bond acceptors (Lipinski definition) is 6. The summed E-state index contributed by atoms with van der Waals surface area (Å²) in [5, 5.41) is 12.9. The number of phenols is 1. The summed E-state index contributed by atoms with van der Waals surface area (Å²) in [7, 11) is 0.915. The second-order valence-corrected chi connectivity index (χ2v) is 16.4. The number of amides is 1. The van der Waals surface area contributed by atoms with Gasteiger partial charge in [0.25, 0.3) is 5.91 Å². The Kier molecular flexibility index (Phi) is 9.34. The van der Waals surface area contributed by atoms with Crippen LogP contribution in [-0.2, 0) is 0 Å². The highest BCUT2D eigenvalue weighted by molar-refractivity contribution is 6.74. The molecule has 0 heterocycles. The van der Waals surface area contributed by atoms with E-state index in [4.69, 9.17) is 18.6 Å². The summed E-state index contributed by atoms with van der Waals surface area (Å²) in [6, 6.07) is 10.8. The number of hydrogen-bond donors (Lipinski definition) is 1. The number of benzene rings is 3. The Hall–Kier alpha value is -3.39. The van der Waals surface area contributed by atoms with Crippen LogP contribution in [0, 0.1) is 0 Å². The van der Waals surface area contributed by atoms with Crippen LogP contribution < -0.4 is 18.6 Å². The van der Waals surface area contributed by atoms with Gasteiger partial charge in [0, 0.05) is 35.7 Å². The zero-order chi connectivity index (χ0) is 30.0.